The van der Waals surface area contributed by atoms with Crippen molar-refractivity contribution >= 4 is 29.3 Å². The van der Waals surface area contributed by atoms with Crippen LogP contribution in [0.4, 0.5) is 0 Å². The molecule has 0 unspecified atom stereocenters. The van der Waals surface area contributed by atoms with Gasteiger partial charge in [-0.25, -0.2) is 0 Å². The molecule has 0 aromatic heterocycles. The van der Waals surface area contributed by atoms with Gasteiger partial charge in [-0.3, -0.25) is 9.69 Å². The van der Waals surface area contributed by atoms with E-state index in [1.807, 2.05) is 49.0 Å². The van der Waals surface area contributed by atoms with Crippen molar-refractivity contribution in [1.29, 1.82) is 0 Å². The number of nitrogens with zero attached hydrogens (tertiary/aromatic N) is 1. The van der Waals surface area contributed by atoms with E-state index in [2.05, 4.69) is 28.4 Å². The lowest BCUT2D eigenvalue weighted by Gasteiger charge is -2.31. The van der Waals surface area contributed by atoms with Crippen molar-refractivity contribution < 1.29 is 9.53 Å². The monoisotopic (exact) mass is 446 g/mol. The summed E-state index contributed by atoms with van der Waals surface area (Å²) in [4.78, 5) is 14.9. The Bertz CT molecular complexity index is 809. The molecule has 6 heteroatoms. The Morgan fingerprint density at radius 2 is 1.93 bits per heavy atom. The molecule has 2 aromatic carbocycles. The minimum atomic E-state index is 0.133. The van der Waals surface area contributed by atoms with E-state index in [-0.39, 0.29) is 11.8 Å². The van der Waals surface area contributed by atoms with Crippen molar-refractivity contribution in [3.8, 4) is 5.75 Å². The predicted molar refractivity (Wildman–Crippen MR) is 126 cm³/mol. The number of carbonyl (C=O) groups is 1. The normalized spacial score (nSPS) is 15.1. The highest BCUT2D eigenvalue weighted by atomic mass is 35.5. The van der Waals surface area contributed by atoms with Crippen molar-refractivity contribution in [3.05, 3.63) is 64.7 Å². The van der Waals surface area contributed by atoms with Gasteiger partial charge in [0.1, 0.15) is 5.75 Å². The van der Waals surface area contributed by atoms with Crippen molar-refractivity contribution in [2.45, 2.75) is 32.1 Å². The van der Waals surface area contributed by atoms with Crippen molar-refractivity contribution in [2.75, 3.05) is 32.0 Å². The number of ether oxygens (including phenoxy) is 1. The van der Waals surface area contributed by atoms with Crippen LogP contribution in [0.3, 0.4) is 0 Å². The van der Waals surface area contributed by atoms with Gasteiger partial charge in [0.25, 0.3) is 0 Å². The number of thioether (sulfide) groups is 1. The summed E-state index contributed by atoms with van der Waals surface area (Å²) in [7, 11) is 0. The number of hydrogen-bond acceptors (Lipinski definition) is 4. The fraction of sp³-hybridized carbons (Fsp3) is 0.458. The zero-order valence-corrected chi connectivity index (χ0v) is 19.2. The molecule has 1 amide bonds. The van der Waals surface area contributed by atoms with Gasteiger partial charge in [-0.2, -0.15) is 11.8 Å². The summed E-state index contributed by atoms with van der Waals surface area (Å²) in [5.41, 5.74) is 2.48. The Morgan fingerprint density at radius 1 is 1.17 bits per heavy atom. The predicted octanol–water partition coefficient (Wildman–Crippen LogP) is 5.00. The lowest BCUT2D eigenvalue weighted by atomic mass is 9.95. The SMILES string of the molecule is CCOc1cccc(CN2CCC(C(=O)NCCSCc3cccc(Cl)c3)CC2)c1. The van der Waals surface area contributed by atoms with Gasteiger partial charge >= 0.3 is 0 Å². The number of halogens is 1. The Hall–Kier alpha value is -1.69. The fourth-order valence-corrected chi connectivity index (χ4v) is 4.74. The second-order valence-corrected chi connectivity index (χ2v) is 9.15. The van der Waals surface area contributed by atoms with Gasteiger partial charge in [-0.05, 0) is 68.2 Å². The minimum Gasteiger partial charge on any atom is -0.494 e. The standard InChI is InChI=1S/C24H31ClN2O2S/c1-2-29-23-8-4-5-19(16-23)17-27-12-9-21(10-13-27)24(28)26-11-14-30-18-20-6-3-7-22(25)15-20/h3-8,15-16,21H,2,9-14,17-18H2,1H3,(H,26,28). The van der Waals surface area contributed by atoms with Gasteiger partial charge in [-0.15, -0.1) is 0 Å². The zero-order chi connectivity index (χ0) is 21.2. The lowest BCUT2D eigenvalue weighted by molar-refractivity contribution is -0.126. The van der Waals surface area contributed by atoms with Crippen LogP contribution < -0.4 is 10.1 Å². The maximum atomic E-state index is 12.5. The van der Waals surface area contributed by atoms with Gasteiger partial charge in [-0.1, -0.05) is 35.9 Å². The topological polar surface area (TPSA) is 41.6 Å². The fourth-order valence-electron chi connectivity index (χ4n) is 3.72. The van der Waals surface area contributed by atoms with E-state index >= 15 is 0 Å². The van der Waals surface area contributed by atoms with E-state index in [1.165, 1.54) is 11.1 Å². The number of carbonyl (C=O) groups excluding carboxylic acids is 1. The van der Waals surface area contributed by atoms with E-state index < -0.39 is 0 Å². The molecule has 0 atom stereocenters. The maximum Gasteiger partial charge on any atom is 0.223 e. The molecule has 1 saturated heterocycles. The first kappa shape index (κ1) is 23.0. The molecule has 1 heterocycles. The zero-order valence-electron chi connectivity index (χ0n) is 17.6. The van der Waals surface area contributed by atoms with Gasteiger partial charge in [0, 0.05) is 35.5 Å². The molecular weight excluding hydrogens is 416 g/mol. The summed E-state index contributed by atoms with van der Waals surface area (Å²) in [5.74, 6) is 3.09. The molecule has 1 N–H and O–H groups in total. The van der Waals surface area contributed by atoms with Gasteiger partial charge in [0.05, 0.1) is 6.61 Å². The molecule has 0 radical (unpaired) electrons. The summed E-state index contributed by atoms with van der Waals surface area (Å²) in [6, 6.07) is 16.2. The highest BCUT2D eigenvalue weighted by Gasteiger charge is 2.24. The molecule has 0 spiro atoms. The average molecular weight is 447 g/mol. The molecule has 1 aliphatic heterocycles. The van der Waals surface area contributed by atoms with E-state index in [4.69, 9.17) is 16.3 Å². The van der Waals surface area contributed by atoms with Crippen LogP contribution >= 0.6 is 23.4 Å². The van der Waals surface area contributed by atoms with Gasteiger partial charge in [0.2, 0.25) is 5.91 Å². The van der Waals surface area contributed by atoms with Gasteiger partial charge < -0.3 is 10.1 Å². The van der Waals surface area contributed by atoms with Crippen LogP contribution in [0.2, 0.25) is 5.02 Å². The number of piperidine rings is 1. The summed E-state index contributed by atoms with van der Waals surface area (Å²) < 4.78 is 5.59. The first-order valence-corrected chi connectivity index (χ1v) is 12.2. The molecule has 3 rings (SSSR count). The molecule has 1 aliphatic rings. The summed E-state index contributed by atoms with van der Waals surface area (Å²) >= 11 is 7.83. The van der Waals surface area contributed by atoms with E-state index in [0.717, 1.165) is 54.8 Å². The minimum absolute atomic E-state index is 0.133. The van der Waals surface area contributed by atoms with Crippen LogP contribution in [0.25, 0.3) is 0 Å². The highest BCUT2D eigenvalue weighted by Crippen LogP contribution is 2.21. The molecule has 162 valence electrons. The van der Waals surface area contributed by atoms with Crippen LogP contribution in [-0.2, 0) is 17.1 Å². The molecule has 0 bridgehead atoms. The Labute approximate surface area is 189 Å². The number of benzene rings is 2. The quantitative estimate of drug-likeness (QED) is 0.521. The van der Waals surface area contributed by atoms with Crippen LogP contribution in [0, 0.1) is 5.92 Å². The Kier molecular flexibility index (Phi) is 9.37. The summed E-state index contributed by atoms with van der Waals surface area (Å²) in [6.45, 7) is 6.23. The Morgan fingerprint density at radius 3 is 2.70 bits per heavy atom. The van der Waals surface area contributed by atoms with E-state index in [1.54, 1.807) is 0 Å². The second-order valence-electron chi connectivity index (χ2n) is 7.60. The lowest BCUT2D eigenvalue weighted by Crippen LogP contribution is -2.40. The van der Waals surface area contributed by atoms with Crippen LogP contribution in [-0.4, -0.2) is 42.8 Å². The first-order valence-electron chi connectivity index (χ1n) is 10.7. The third-order valence-electron chi connectivity index (χ3n) is 5.28. The number of amides is 1. The molecule has 1 fully saturated rings. The maximum absolute atomic E-state index is 12.5. The van der Waals surface area contributed by atoms with E-state index in [0.29, 0.717) is 13.2 Å². The molecule has 0 aliphatic carbocycles. The van der Waals surface area contributed by atoms with Crippen molar-refractivity contribution in [2.24, 2.45) is 5.92 Å². The molecule has 2 aromatic rings. The summed E-state index contributed by atoms with van der Waals surface area (Å²) in [6.07, 6.45) is 1.85. The van der Waals surface area contributed by atoms with Crippen molar-refractivity contribution in [3.63, 3.8) is 0 Å². The second kappa shape index (κ2) is 12.2. The average Bonchev–Trinajstić information content (AvgIpc) is 2.74. The van der Waals surface area contributed by atoms with Crippen LogP contribution in [0.5, 0.6) is 5.75 Å². The van der Waals surface area contributed by atoms with E-state index in [9.17, 15) is 4.79 Å². The first-order chi connectivity index (χ1) is 14.6. The number of likely N-dealkylation sites (tertiary alicyclic amines) is 1. The van der Waals surface area contributed by atoms with Crippen LogP contribution in [0.15, 0.2) is 48.5 Å². The summed E-state index contributed by atoms with van der Waals surface area (Å²) in [5, 5.41) is 3.89. The third kappa shape index (κ3) is 7.53. The van der Waals surface area contributed by atoms with Crippen molar-refractivity contribution in [1.82, 2.24) is 10.2 Å². The van der Waals surface area contributed by atoms with Gasteiger partial charge in [0.15, 0.2) is 0 Å². The number of hydrogen-bond donors (Lipinski definition) is 1. The number of nitrogens with one attached hydrogen (secondary N) is 1. The highest BCUT2D eigenvalue weighted by molar-refractivity contribution is 7.98. The molecule has 30 heavy (non-hydrogen) atoms. The molecule has 0 saturated carbocycles. The molecule has 4 nitrogen and oxygen atoms in total. The Balaban J connectivity index is 1.31. The third-order valence-corrected chi connectivity index (χ3v) is 6.54. The molecular formula is C24H31ClN2O2S. The smallest absolute Gasteiger partial charge is 0.223 e. The largest absolute Gasteiger partial charge is 0.494 e. The number of rotatable bonds is 10. The van der Waals surface area contributed by atoms with Crippen LogP contribution in [0.1, 0.15) is 30.9 Å².